The fourth-order valence-corrected chi connectivity index (χ4v) is 2.39. The Morgan fingerprint density at radius 1 is 1.12 bits per heavy atom. The molecular weight excluding hydrogens is 320 g/mol. The van der Waals surface area contributed by atoms with E-state index in [0.29, 0.717) is 22.3 Å². The van der Waals surface area contributed by atoms with Crippen LogP contribution in [0, 0.1) is 10.1 Å². The number of nitrogens with one attached hydrogen (secondary N) is 1. The summed E-state index contributed by atoms with van der Waals surface area (Å²) in [5.41, 5.74) is 2.93. The van der Waals surface area contributed by atoms with Gasteiger partial charge >= 0.3 is 0 Å². The van der Waals surface area contributed by atoms with E-state index in [1.54, 1.807) is 36.5 Å². The maximum absolute atomic E-state index is 12.0. The minimum atomic E-state index is -0.462. The lowest BCUT2D eigenvalue weighted by atomic mass is 10.1. The van der Waals surface area contributed by atoms with Crippen LogP contribution in [0.1, 0.15) is 24.2 Å². The molecule has 0 spiro atoms. The summed E-state index contributed by atoms with van der Waals surface area (Å²) in [5, 5.41) is 13.7. The number of carbonyl (C=O) groups excluding carboxylic acids is 1. The van der Waals surface area contributed by atoms with E-state index in [-0.39, 0.29) is 17.6 Å². The Morgan fingerprint density at radius 2 is 1.84 bits per heavy atom. The number of nitrogens with zero attached hydrogens (tertiary/aromatic N) is 3. The Bertz CT molecular complexity index is 952. The highest BCUT2D eigenvalue weighted by atomic mass is 16.6. The van der Waals surface area contributed by atoms with E-state index in [2.05, 4.69) is 15.3 Å². The summed E-state index contributed by atoms with van der Waals surface area (Å²) in [6, 6.07) is 11.4. The summed E-state index contributed by atoms with van der Waals surface area (Å²) in [6.07, 6.45) is 1.61. The minimum Gasteiger partial charge on any atom is -0.350 e. The van der Waals surface area contributed by atoms with Gasteiger partial charge in [-0.25, -0.2) is 4.98 Å². The van der Waals surface area contributed by atoms with Gasteiger partial charge in [0.25, 0.3) is 11.6 Å². The van der Waals surface area contributed by atoms with Crippen LogP contribution in [0.3, 0.4) is 0 Å². The van der Waals surface area contributed by atoms with Gasteiger partial charge < -0.3 is 5.32 Å². The van der Waals surface area contributed by atoms with Crippen molar-refractivity contribution in [2.75, 3.05) is 0 Å². The van der Waals surface area contributed by atoms with E-state index in [1.807, 2.05) is 13.8 Å². The number of nitro benzene ring substituents is 1. The molecule has 0 saturated heterocycles. The first kappa shape index (κ1) is 16.5. The van der Waals surface area contributed by atoms with Crippen molar-refractivity contribution >= 4 is 22.6 Å². The second-order valence-corrected chi connectivity index (χ2v) is 5.89. The number of benzene rings is 2. The van der Waals surface area contributed by atoms with Crippen molar-refractivity contribution in [2.24, 2.45) is 0 Å². The molecule has 0 aliphatic carbocycles. The molecule has 2 aromatic carbocycles. The Hall–Kier alpha value is -3.35. The number of hydrogen-bond acceptors (Lipinski definition) is 5. The fraction of sp³-hybridized carbons (Fsp3) is 0.167. The molecule has 7 heteroatoms. The van der Waals surface area contributed by atoms with E-state index < -0.39 is 4.92 Å². The normalized spacial score (nSPS) is 10.8. The monoisotopic (exact) mass is 336 g/mol. The zero-order valence-corrected chi connectivity index (χ0v) is 13.8. The molecule has 25 heavy (non-hydrogen) atoms. The summed E-state index contributed by atoms with van der Waals surface area (Å²) >= 11 is 0. The number of nitro groups is 1. The predicted octanol–water partition coefficient (Wildman–Crippen LogP) is 3.34. The predicted molar refractivity (Wildman–Crippen MR) is 94.2 cm³/mol. The van der Waals surface area contributed by atoms with Gasteiger partial charge in [-0.05, 0) is 32.0 Å². The SMILES string of the molecule is CC(C)NC(=O)c1ccc(-c2cnc3ccc([N+](=O)[O-])cc3n2)cc1. The Balaban J connectivity index is 1.93. The van der Waals surface area contributed by atoms with Gasteiger partial charge in [-0.2, -0.15) is 0 Å². The maximum atomic E-state index is 12.0. The van der Waals surface area contributed by atoms with Crippen molar-refractivity contribution in [3.05, 3.63) is 64.3 Å². The summed E-state index contributed by atoms with van der Waals surface area (Å²) in [7, 11) is 0. The largest absolute Gasteiger partial charge is 0.350 e. The molecule has 0 radical (unpaired) electrons. The molecule has 3 aromatic rings. The van der Waals surface area contributed by atoms with E-state index in [9.17, 15) is 14.9 Å². The lowest BCUT2D eigenvalue weighted by Crippen LogP contribution is -2.29. The van der Waals surface area contributed by atoms with Crippen LogP contribution in [0.2, 0.25) is 0 Å². The number of amides is 1. The van der Waals surface area contributed by atoms with Gasteiger partial charge in [0.05, 0.1) is 27.8 Å². The van der Waals surface area contributed by atoms with Crippen LogP contribution in [0.25, 0.3) is 22.3 Å². The molecule has 0 fully saturated rings. The smallest absolute Gasteiger partial charge is 0.271 e. The quantitative estimate of drug-likeness (QED) is 0.582. The molecule has 7 nitrogen and oxygen atoms in total. The average molecular weight is 336 g/mol. The highest BCUT2D eigenvalue weighted by molar-refractivity contribution is 5.94. The molecule has 0 bridgehead atoms. The molecule has 126 valence electrons. The van der Waals surface area contributed by atoms with Crippen LogP contribution in [0.15, 0.2) is 48.7 Å². The van der Waals surface area contributed by atoms with E-state index >= 15 is 0 Å². The molecular formula is C18H16N4O3. The van der Waals surface area contributed by atoms with Crippen LogP contribution in [0.4, 0.5) is 5.69 Å². The van der Waals surface area contributed by atoms with Gasteiger partial charge in [0.1, 0.15) is 0 Å². The van der Waals surface area contributed by atoms with Crippen molar-refractivity contribution in [3.63, 3.8) is 0 Å². The van der Waals surface area contributed by atoms with Crippen molar-refractivity contribution in [1.82, 2.24) is 15.3 Å². The van der Waals surface area contributed by atoms with Gasteiger partial charge in [-0.15, -0.1) is 0 Å². The van der Waals surface area contributed by atoms with E-state index in [0.717, 1.165) is 5.56 Å². The van der Waals surface area contributed by atoms with Gasteiger partial charge in [-0.1, -0.05) is 12.1 Å². The van der Waals surface area contributed by atoms with E-state index in [4.69, 9.17) is 0 Å². The third-order valence-electron chi connectivity index (χ3n) is 3.60. The summed E-state index contributed by atoms with van der Waals surface area (Å²) in [6.45, 7) is 3.80. The highest BCUT2D eigenvalue weighted by Gasteiger charge is 2.10. The number of hydrogen-bond donors (Lipinski definition) is 1. The van der Waals surface area contributed by atoms with Gasteiger partial charge in [0.15, 0.2) is 0 Å². The fourth-order valence-electron chi connectivity index (χ4n) is 2.39. The lowest BCUT2D eigenvalue weighted by molar-refractivity contribution is -0.384. The van der Waals surface area contributed by atoms with Crippen molar-refractivity contribution < 1.29 is 9.72 Å². The first-order valence-electron chi connectivity index (χ1n) is 7.76. The van der Waals surface area contributed by atoms with Crippen LogP contribution >= 0.6 is 0 Å². The lowest BCUT2D eigenvalue weighted by Gasteiger charge is -2.09. The van der Waals surface area contributed by atoms with Crippen LogP contribution in [0.5, 0.6) is 0 Å². The first-order chi connectivity index (χ1) is 11.9. The van der Waals surface area contributed by atoms with E-state index in [1.165, 1.54) is 12.1 Å². The summed E-state index contributed by atoms with van der Waals surface area (Å²) in [4.78, 5) is 31.1. The van der Waals surface area contributed by atoms with Crippen molar-refractivity contribution in [2.45, 2.75) is 19.9 Å². The molecule has 0 aliphatic rings. The first-order valence-corrected chi connectivity index (χ1v) is 7.76. The topological polar surface area (TPSA) is 98.0 Å². The molecule has 0 unspecified atom stereocenters. The number of fused-ring (bicyclic) bond motifs is 1. The standard InChI is InChI=1S/C18H16N4O3/c1-11(2)20-18(23)13-5-3-12(4-6-13)17-10-19-15-8-7-14(22(24)25)9-16(15)21-17/h3-11H,1-2H3,(H,20,23). The Morgan fingerprint density at radius 3 is 2.48 bits per heavy atom. The number of rotatable bonds is 4. The summed E-state index contributed by atoms with van der Waals surface area (Å²) in [5.74, 6) is -0.137. The highest BCUT2D eigenvalue weighted by Crippen LogP contribution is 2.22. The summed E-state index contributed by atoms with van der Waals surface area (Å²) < 4.78 is 0. The Kier molecular flexibility index (Phi) is 4.38. The number of non-ortho nitro benzene ring substituents is 1. The zero-order chi connectivity index (χ0) is 18.0. The molecule has 0 saturated carbocycles. The molecule has 0 aliphatic heterocycles. The second kappa shape index (κ2) is 6.64. The van der Waals surface area contributed by atoms with Gasteiger partial charge in [-0.3, -0.25) is 19.9 Å². The molecule has 3 rings (SSSR count). The van der Waals surface area contributed by atoms with Gasteiger partial charge in [0.2, 0.25) is 0 Å². The van der Waals surface area contributed by atoms with Crippen molar-refractivity contribution in [1.29, 1.82) is 0 Å². The molecule has 1 heterocycles. The van der Waals surface area contributed by atoms with Crippen molar-refractivity contribution in [3.8, 4) is 11.3 Å². The van der Waals surface area contributed by atoms with Gasteiger partial charge in [0, 0.05) is 29.3 Å². The molecule has 1 aromatic heterocycles. The minimum absolute atomic E-state index is 0.0281. The third kappa shape index (κ3) is 3.60. The molecule has 1 N–H and O–H groups in total. The maximum Gasteiger partial charge on any atom is 0.271 e. The third-order valence-corrected chi connectivity index (χ3v) is 3.60. The Labute approximate surface area is 143 Å². The van der Waals surface area contributed by atoms with Crippen LogP contribution in [-0.4, -0.2) is 26.8 Å². The molecule has 1 amide bonds. The molecule has 0 atom stereocenters. The van der Waals surface area contributed by atoms with Crippen LogP contribution < -0.4 is 5.32 Å². The number of aromatic nitrogens is 2. The number of carbonyl (C=O) groups is 1. The zero-order valence-electron chi connectivity index (χ0n) is 13.8. The second-order valence-electron chi connectivity index (χ2n) is 5.89. The van der Waals surface area contributed by atoms with Crippen LogP contribution in [-0.2, 0) is 0 Å². The average Bonchev–Trinajstić information content (AvgIpc) is 2.60.